The highest BCUT2D eigenvalue weighted by Gasteiger charge is 2.60. The molecule has 2 nitrogen and oxygen atoms in total. The number of hydrogen-bond acceptors (Lipinski definition) is 2. The first-order valence-corrected chi connectivity index (χ1v) is 6.39. The summed E-state index contributed by atoms with van der Waals surface area (Å²) in [5, 5.41) is 0. The Labute approximate surface area is 123 Å². The van der Waals surface area contributed by atoms with E-state index in [9.17, 15) is 31.1 Å². The summed E-state index contributed by atoms with van der Waals surface area (Å²) in [5.41, 5.74) is 0.824. The van der Waals surface area contributed by atoms with Crippen LogP contribution in [-0.2, 0) is 16.0 Å². The average molecular weight is 328 g/mol. The van der Waals surface area contributed by atoms with Crippen molar-refractivity contribution in [1.82, 2.24) is 0 Å². The number of hydrogen-bond donors (Lipinski definition) is 0. The summed E-state index contributed by atoms with van der Waals surface area (Å²) in [6, 6.07) is 8.72. The fourth-order valence-corrected chi connectivity index (χ4v) is 1.70. The topological polar surface area (TPSA) is 26.3 Å². The summed E-state index contributed by atoms with van der Waals surface area (Å²) in [6.45, 7) is 1.23. The molecule has 0 aliphatic carbocycles. The van der Waals surface area contributed by atoms with Crippen LogP contribution in [0.3, 0.4) is 0 Å². The van der Waals surface area contributed by atoms with E-state index in [2.05, 4.69) is 4.74 Å². The molecule has 0 heterocycles. The van der Waals surface area contributed by atoms with Gasteiger partial charge in [0.25, 0.3) is 6.10 Å². The quantitative estimate of drug-likeness (QED) is 0.595. The molecule has 1 aromatic carbocycles. The zero-order chi connectivity index (χ0) is 17.0. The van der Waals surface area contributed by atoms with Crippen molar-refractivity contribution in [2.45, 2.75) is 38.2 Å². The smallest absolute Gasteiger partial charge is 0.434 e. The number of alkyl halides is 6. The molecule has 0 saturated heterocycles. The maximum Gasteiger partial charge on any atom is 0.434 e. The van der Waals surface area contributed by atoms with Crippen LogP contribution in [0.2, 0.25) is 0 Å². The van der Waals surface area contributed by atoms with Crippen LogP contribution in [0.1, 0.15) is 18.9 Å². The van der Waals surface area contributed by atoms with E-state index in [1.165, 1.54) is 6.92 Å². The van der Waals surface area contributed by atoms with E-state index in [1.807, 2.05) is 0 Å². The van der Waals surface area contributed by atoms with Gasteiger partial charge in [-0.2, -0.15) is 26.3 Å². The number of carbonyl (C=O) groups excluding carboxylic acids is 1. The standard InChI is InChI=1S/C14H14F6O2/c1-9(7-8-10-5-3-2-4-6-10)11(21)22-12(13(15,16)17)14(18,19)20/h2-6,9,12H,7-8H2,1H3. The van der Waals surface area contributed by atoms with Crippen LogP contribution in [0.4, 0.5) is 26.3 Å². The van der Waals surface area contributed by atoms with Gasteiger partial charge in [0, 0.05) is 0 Å². The van der Waals surface area contributed by atoms with Crippen LogP contribution in [0.25, 0.3) is 0 Å². The third kappa shape index (κ3) is 5.57. The summed E-state index contributed by atoms with van der Waals surface area (Å²) in [6.07, 6.45) is -15.0. The number of benzene rings is 1. The number of rotatable bonds is 5. The van der Waals surface area contributed by atoms with Crippen molar-refractivity contribution in [3.63, 3.8) is 0 Å². The van der Waals surface area contributed by atoms with Gasteiger partial charge in [0.1, 0.15) is 0 Å². The molecule has 0 radical (unpaired) electrons. The van der Waals surface area contributed by atoms with Crippen molar-refractivity contribution in [1.29, 1.82) is 0 Å². The Morgan fingerprint density at radius 3 is 2.00 bits per heavy atom. The Hall–Kier alpha value is -1.73. The van der Waals surface area contributed by atoms with Crippen LogP contribution in [-0.4, -0.2) is 24.4 Å². The first kappa shape index (κ1) is 18.3. The minimum atomic E-state index is -5.69. The summed E-state index contributed by atoms with van der Waals surface area (Å²) >= 11 is 0. The molecule has 22 heavy (non-hydrogen) atoms. The third-order valence-electron chi connectivity index (χ3n) is 2.94. The van der Waals surface area contributed by atoms with E-state index in [1.54, 1.807) is 30.3 Å². The molecule has 1 unspecified atom stereocenters. The van der Waals surface area contributed by atoms with Crippen LogP contribution >= 0.6 is 0 Å². The summed E-state index contributed by atoms with van der Waals surface area (Å²) < 4.78 is 77.4. The zero-order valence-corrected chi connectivity index (χ0v) is 11.5. The molecule has 0 aliphatic rings. The second-order valence-electron chi connectivity index (χ2n) is 4.83. The molecule has 0 spiro atoms. The third-order valence-corrected chi connectivity index (χ3v) is 2.94. The molecule has 0 aliphatic heterocycles. The first-order chi connectivity index (χ1) is 10.0. The molecule has 0 N–H and O–H groups in total. The zero-order valence-electron chi connectivity index (χ0n) is 11.5. The second kappa shape index (κ2) is 7.02. The number of carbonyl (C=O) groups is 1. The van der Waals surface area contributed by atoms with E-state index >= 15 is 0 Å². The number of ether oxygens (including phenoxy) is 1. The van der Waals surface area contributed by atoms with Crippen LogP contribution < -0.4 is 0 Å². The van der Waals surface area contributed by atoms with Gasteiger partial charge in [0.05, 0.1) is 5.92 Å². The molecular formula is C14H14F6O2. The maximum atomic E-state index is 12.3. The van der Waals surface area contributed by atoms with Crippen molar-refractivity contribution >= 4 is 5.97 Å². The van der Waals surface area contributed by atoms with Crippen LogP contribution in [0.15, 0.2) is 30.3 Å². The van der Waals surface area contributed by atoms with E-state index in [4.69, 9.17) is 0 Å². The van der Waals surface area contributed by atoms with Gasteiger partial charge in [-0.05, 0) is 18.4 Å². The van der Waals surface area contributed by atoms with Gasteiger partial charge in [-0.25, -0.2) is 0 Å². The lowest BCUT2D eigenvalue weighted by Crippen LogP contribution is -2.46. The highest BCUT2D eigenvalue weighted by atomic mass is 19.4. The molecule has 1 aromatic rings. The maximum absolute atomic E-state index is 12.3. The first-order valence-electron chi connectivity index (χ1n) is 6.39. The van der Waals surface area contributed by atoms with Gasteiger partial charge < -0.3 is 4.74 Å². The molecular weight excluding hydrogens is 314 g/mol. The molecule has 0 fully saturated rings. The lowest BCUT2D eigenvalue weighted by atomic mass is 10.0. The van der Waals surface area contributed by atoms with E-state index in [0.29, 0.717) is 6.42 Å². The van der Waals surface area contributed by atoms with Crippen molar-refractivity contribution in [3.8, 4) is 0 Å². The van der Waals surface area contributed by atoms with E-state index in [-0.39, 0.29) is 6.42 Å². The molecule has 1 atom stereocenters. The number of aryl methyl sites for hydroxylation is 1. The highest BCUT2D eigenvalue weighted by molar-refractivity contribution is 5.72. The fraction of sp³-hybridized carbons (Fsp3) is 0.500. The van der Waals surface area contributed by atoms with Crippen molar-refractivity contribution < 1.29 is 35.9 Å². The van der Waals surface area contributed by atoms with Crippen molar-refractivity contribution in [3.05, 3.63) is 35.9 Å². The van der Waals surface area contributed by atoms with Gasteiger partial charge in [-0.1, -0.05) is 37.3 Å². The molecule has 8 heteroatoms. The van der Waals surface area contributed by atoms with Crippen LogP contribution in [0, 0.1) is 5.92 Å². The van der Waals surface area contributed by atoms with Gasteiger partial charge >= 0.3 is 18.3 Å². The molecule has 124 valence electrons. The summed E-state index contributed by atoms with van der Waals surface area (Å²) in [7, 11) is 0. The monoisotopic (exact) mass is 328 g/mol. The molecule has 0 aromatic heterocycles. The van der Waals surface area contributed by atoms with Gasteiger partial charge in [0.15, 0.2) is 0 Å². The lowest BCUT2D eigenvalue weighted by molar-refractivity contribution is -0.314. The Morgan fingerprint density at radius 1 is 1.05 bits per heavy atom. The minimum Gasteiger partial charge on any atom is -0.443 e. The highest BCUT2D eigenvalue weighted by Crippen LogP contribution is 2.36. The van der Waals surface area contributed by atoms with Gasteiger partial charge in [-0.15, -0.1) is 0 Å². The summed E-state index contributed by atoms with van der Waals surface area (Å²) in [4.78, 5) is 11.4. The predicted molar refractivity (Wildman–Crippen MR) is 65.9 cm³/mol. The molecule has 0 amide bonds. The summed E-state index contributed by atoms with van der Waals surface area (Å²) in [5.74, 6) is -2.59. The van der Waals surface area contributed by atoms with Crippen molar-refractivity contribution in [2.24, 2.45) is 5.92 Å². The van der Waals surface area contributed by atoms with Crippen molar-refractivity contribution in [2.75, 3.05) is 0 Å². The normalized spacial score (nSPS) is 14.0. The Bertz CT molecular complexity index is 466. The number of halogens is 6. The fourth-order valence-electron chi connectivity index (χ4n) is 1.70. The minimum absolute atomic E-state index is 0.0886. The van der Waals surface area contributed by atoms with E-state index < -0.39 is 30.3 Å². The number of esters is 1. The predicted octanol–water partition coefficient (Wildman–Crippen LogP) is 4.29. The van der Waals surface area contributed by atoms with Gasteiger partial charge in [-0.3, -0.25) is 4.79 Å². The molecule has 0 bridgehead atoms. The largest absolute Gasteiger partial charge is 0.443 e. The Balaban J connectivity index is 2.62. The lowest BCUT2D eigenvalue weighted by Gasteiger charge is -2.24. The van der Waals surface area contributed by atoms with E-state index in [0.717, 1.165) is 5.56 Å². The Kier molecular flexibility index (Phi) is 5.85. The average Bonchev–Trinajstić information content (AvgIpc) is 2.40. The SMILES string of the molecule is CC(CCc1ccccc1)C(=O)OC(C(F)(F)F)C(F)(F)F. The Morgan fingerprint density at radius 2 is 1.55 bits per heavy atom. The molecule has 1 rings (SSSR count). The van der Waals surface area contributed by atoms with Gasteiger partial charge in [0.2, 0.25) is 0 Å². The van der Waals surface area contributed by atoms with Crippen LogP contribution in [0.5, 0.6) is 0 Å². The second-order valence-corrected chi connectivity index (χ2v) is 4.83. The molecule has 0 saturated carbocycles.